The third-order valence-electron chi connectivity index (χ3n) is 3.04. The molecule has 0 aliphatic heterocycles. The standard InChI is InChI=1S/C15H16ClF2NS/c1-2-5-19-15(7-10-4-3-6-20-10)11-8-14(18)12(16)9-13(11)17/h3-4,6,8-9,15,19H,2,5,7H2,1H3. The molecule has 0 spiro atoms. The molecular formula is C15H16ClF2NS. The summed E-state index contributed by atoms with van der Waals surface area (Å²) in [5, 5.41) is 5.06. The van der Waals surface area contributed by atoms with Gasteiger partial charge in [0.25, 0.3) is 0 Å². The van der Waals surface area contributed by atoms with Crippen molar-refractivity contribution < 1.29 is 8.78 Å². The molecule has 0 aliphatic carbocycles. The van der Waals surface area contributed by atoms with Gasteiger partial charge in [-0.3, -0.25) is 0 Å². The van der Waals surface area contributed by atoms with Crippen LogP contribution in [0, 0.1) is 11.6 Å². The largest absolute Gasteiger partial charge is 0.310 e. The maximum absolute atomic E-state index is 14.0. The van der Waals surface area contributed by atoms with Gasteiger partial charge in [-0.2, -0.15) is 0 Å². The summed E-state index contributed by atoms with van der Waals surface area (Å²) in [4.78, 5) is 1.13. The van der Waals surface area contributed by atoms with E-state index in [0.29, 0.717) is 12.0 Å². The molecular weight excluding hydrogens is 300 g/mol. The first kappa shape index (κ1) is 15.4. The van der Waals surface area contributed by atoms with Crippen molar-refractivity contribution in [2.75, 3.05) is 6.54 Å². The summed E-state index contributed by atoms with van der Waals surface area (Å²) in [5.74, 6) is -1.06. The number of halogens is 3. The van der Waals surface area contributed by atoms with E-state index in [4.69, 9.17) is 11.6 Å². The molecule has 1 aromatic carbocycles. The quantitative estimate of drug-likeness (QED) is 0.743. The van der Waals surface area contributed by atoms with Gasteiger partial charge in [0.05, 0.1) is 5.02 Å². The molecule has 1 nitrogen and oxygen atoms in total. The first-order chi connectivity index (χ1) is 9.61. The zero-order valence-electron chi connectivity index (χ0n) is 11.1. The minimum absolute atomic E-state index is 0.184. The fourth-order valence-electron chi connectivity index (χ4n) is 2.05. The molecule has 0 radical (unpaired) electrons. The van der Waals surface area contributed by atoms with Crippen LogP contribution in [0.25, 0.3) is 0 Å². The lowest BCUT2D eigenvalue weighted by Gasteiger charge is -2.19. The second-order valence-corrected chi connectivity index (χ2v) is 6.02. The number of thiophene rings is 1. The monoisotopic (exact) mass is 315 g/mol. The Hall–Kier alpha value is -0.970. The number of hydrogen-bond acceptors (Lipinski definition) is 2. The first-order valence-electron chi connectivity index (χ1n) is 6.52. The van der Waals surface area contributed by atoms with Crippen LogP contribution in [0.1, 0.15) is 29.8 Å². The minimum Gasteiger partial charge on any atom is -0.310 e. The van der Waals surface area contributed by atoms with Crippen LogP contribution in [0.5, 0.6) is 0 Å². The van der Waals surface area contributed by atoms with E-state index in [1.165, 1.54) is 6.07 Å². The van der Waals surface area contributed by atoms with E-state index in [2.05, 4.69) is 5.32 Å². The Morgan fingerprint density at radius 3 is 2.75 bits per heavy atom. The highest BCUT2D eigenvalue weighted by molar-refractivity contribution is 7.09. The highest BCUT2D eigenvalue weighted by atomic mass is 35.5. The van der Waals surface area contributed by atoms with Crippen LogP contribution in [-0.2, 0) is 6.42 Å². The number of hydrogen-bond donors (Lipinski definition) is 1. The zero-order valence-corrected chi connectivity index (χ0v) is 12.7. The van der Waals surface area contributed by atoms with Gasteiger partial charge >= 0.3 is 0 Å². The molecule has 2 aromatic rings. The molecule has 0 saturated carbocycles. The lowest BCUT2D eigenvalue weighted by Crippen LogP contribution is -2.25. The first-order valence-corrected chi connectivity index (χ1v) is 7.77. The topological polar surface area (TPSA) is 12.0 Å². The lowest BCUT2D eigenvalue weighted by atomic mass is 10.0. The van der Waals surface area contributed by atoms with Crippen molar-refractivity contribution in [1.29, 1.82) is 0 Å². The van der Waals surface area contributed by atoms with Gasteiger partial charge in [0, 0.05) is 22.9 Å². The van der Waals surface area contributed by atoms with Gasteiger partial charge in [-0.25, -0.2) is 8.78 Å². The van der Waals surface area contributed by atoms with E-state index in [0.717, 1.165) is 23.9 Å². The molecule has 5 heteroatoms. The van der Waals surface area contributed by atoms with E-state index >= 15 is 0 Å². The highest BCUT2D eigenvalue weighted by Gasteiger charge is 2.18. The van der Waals surface area contributed by atoms with Crippen LogP contribution in [0.2, 0.25) is 5.02 Å². The maximum Gasteiger partial charge on any atom is 0.142 e. The molecule has 0 amide bonds. The molecule has 0 bridgehead atoms. The summed E-state index contributed by atoms with van der Waals surface area (Å²) < 4.78 is 27.6. The van der Waals surface area contributed by atoms with E-state index in [1.807, 2.05) is 24.4 Å². The molecule has 2 rings (SSSR count). The highest BCUT2D eigenvalue weighted by Crippen LogP contribution is 2.27. The molecule has 1 unspecified atom stereocenters. The van der Waals surface area contributed by atoms with Crippen molar-refractivity contribution in [3.05, 3.63) is 56.7 Å². The second kappa shape index (κ2) is 7.16. The molecule has 20 heavy (non-hydrogen) atoms. The Labute approximate surface area is 126 Å². The Morgan fingerprint density at radius 2 is 2.10 bits per heavy atom. The van der Waals surface area contributed by atoms with Crippen LogP contribution in [-0.4, -0.2) is 6.54 Å². The second-order valence-electron chi connectivity index (χ2n) is 4.58. The van der Waals surface area contributed by atoms with Gasteiger partial charge in [0.1, 0.15) is 11.6 Å². The van der Waals surface area contributed by atoms with Gasteiger partial charge in [0.15, 0.2) is 0 Å². The van der Waals surface area contributed by atoms with Crippen LogP contribution < -0.4 is 5.32 Å². The predicted octanol–water partition coefficient (Wildman–Crippen LogP) is 4.96. The van der Waals surface area contributed by atoms with Crippen LogP contribution in [0.4, 0.5) is 8.78 Å². The Bertz CT molecular complexity index is 557. The zero-order chi connectivity index (χ0) is 14.5. The van der Waals surface area contributed by atoms with E-state index < -0.39 is 11.6 Å². The number of nitrogens with one attached hydrogen (secondary N) is 1. The van der Waals surface area contributed by atoms with Gasteiger partial charge in [-0.1, -0.05) is 24.6 Å². The van der Waals surface area contributed by atoms with Crippen LogP contribution >= 0.6 is 22.9 Å². The number of rotatable bonds is 6. The molecule has 0 aliphatic rings. The molecule has 1 atom stereocenters. The summed E-state index contributed by atoms with van der Waals surface area (Å²) >= 11 is 7.21. The number of benzene rings is 1. The Morgan fingerprint density at radius 1 is 1.30 bits per heavy atom. The van der Waals surface area contributed by atoms with E-state index in [1.54, 1.807) is 11.3 Å². The van der Waals surface area contributed by atoms with E-state index in [9.17, 15) is 8.78 Å². The summed E-state index contributed by atoms with van der Waals surface area (Å²) in [6.07, 6.45) is 1.56. The van der Waals surface area contributed by atoms with Crippen molar-refractivity contribution in [3.8, 4) is 0 Å². The van der Waals surface area contributed by atoms with Gasteiger partial charge in [-0.15, -0.1) is 11.3 Å². The fraction of sp³-hybridized carbons (Fsp3) is 0.333. The van der Waals surface area contributed by atoms with Crippen molar-refractivity contribution in [2.24, 2.45) is 0 Å². The molecule has 0 saturated heterocycles. The summed E-state index contributed by atoms with van der Waals surface area (Å²) in [6, 6.07) is 5.94. The molecule has 1 aromatic heterocycles. The predicted molar refractivity (Wildman–Crippen MR) is 80.4 cm³/mol. The fourth-order valence-corrected chi connectivity index (χ4v) is 2.95. The van der Waals surface area contributed by atoms with Crippen LogP contribution in [0.3, 0.4) is 0 Å². The normalized spacial score (nSPS) is 12.6. The summed E-state index contributed by atoms with van der Waals surface area (Å²) in [7, 11) is 0. The van der Waals surface area contributed by atoms with Crippen molar-refractivity contribution in [3.63, 3.8) is 0 Å². The smallest absolute Gasteiger partial charge is 0.142 e. The van der Waals surface area contributed by atoms with Crippen molar-refractivity contribution in [1.82, 2.24) is 5.32 Å². The lowest BCUT2D eigenvalue weighted by molar-refractivity contribution is 0.493. The van der Waals surface area contributed by atoms with Crippen LogP contribution in [0.15, 0.2) is 29.6 Å². The van der Waals surface area contributed by atoms with Crippen molar-refractivity contribution >= 4 is 22.9 Å². The van der Waals surface area contributed by atoms with E-state index in [-0.39, 0.29) is 11.1 Å². The van der Waals surface area contributed by atoms with Gasteiger partial charge in [0.2, 0.25) is 0 Å². The average Bonchev–Trinajstić information content (AvgIpc) is 2.92. The minimum atomic E-state index is -0.586. The molecule has 1 N–H and O–H groups in total. The van der Waals surface area contributed by atoms with Gasteiger partial charge < -0.3 is 5.32 Å². The molecule has 108 valence electrons. The third kappa shape index (κ3) is 3.78. The summed E-state index contributed by atoms with van der Waals surface area (Å²) in [6.45, 7) is 2.79. The Balaban J connectivity index is 2.27. The summed E-state index contributed by atoms with van der Waals surface area (Å²) in [5.41, 5.74) is 0.328. The van der Waals surface area contributed by atoms with Gasteiger partial charge in [-0.05, 0) is 36.5 Å². The Kier molecular flexibility index (Phi) is 5.52. The average molecular weight is 316 g/mol. The van der Waals surface area contributed by atoms with Crippen molar-refractivity contribution in [2.45, 2.75) is 25.8 Å². The SMILES string of the molecule is CCCNC(Cc1cccs1)c1cc(F)c(Cl)cc1F. The maximum atomic E-state index is 14.0. The molecule has 1 heterocycles. The molecule has 0 fully saturated rings. The third-order valence-corrected chi connectivity index (χ3v) is 4.23.